The predicted molar refractivity (Wildman–Crippen MR) is 106 cm³/mol. The maximum absolute atomic E-state index is 12.9. The maximum Gasteiger partial charge on any atom is 0.256 e. The Kier molecular flexibility index (Phi) is 5.82. The highest BCUT2D eigenvalue weighted by atomic mass is 35.5. The van der Waals surface area contributed by atoms with E-state index in [0.717, 1.165) is 5.56 Å². The number of hydrogen-bond donors (Lipinski definition) is 2. The van der Waals surface area contributed by atoms with Gasteiger partial charge in [-0.25, -0.2) is 0 Å². The molecule has 5 nitrogen and oxygen atoms in total. The number of aryl methyl sites for hydroxylation is 2. The van der Waals surface area contributed by atoms with Crippen molar-refractivity contribution in [2.45, 2.75) is 38.3 Å². The Labute approximate surface area is 163 Å². The van der Waals surface area contributed by atoms with E-state index in [9.17, 15) is 14.7 Å². The number of nitrogen functional groups attached to an aromatic ring is 1. The number of β-amino-alcohol motifs (C(OH)–C–C–N with tert-alkyl or cyclic N) is 1. The van der Waals surface area contributed by atoms with Crippen LogP contribution in [0.5, 0.6) is 0 Å². The van der Waals surface area contributed by atoms with Gasteiger partial charge >= 0.3 is 0 Å². The number of likely N-dealkylation sites (tertiary alicyclic amines) is 1. The van der Waals surface area contributed by atoms with E-state index >= 15 is 0 Å². The lowest BCUT2D eigenvalue weighted by molar-refractivity contribution is -0.122. The molecule has 1 fully saturated rings. The predicted octanol–water partition coefficient (Wildman–Crippen LogP) is 3.01. The fourth-order valence-electron chi connectivity index (χ4n) is 3.39. The van der Waals surface area contributed by atoms with Crippen molar-refractivity contribution in [1.29, 1.82) is 0 Å². The third-order valence-corrected chi connectivity index (χ3v) is 5.24. The molecule has 0 radical (unpaired) electrons. The van der Waals surface area contributed by atoms with Crippen LogP contribution < -0.4 is 5.73 Å². The third kappa shape index (κ3) is 4.49. The van der Waals surface area contributed by atoms with Gasteiger partial charge in [0, 0.05) is 25.1 Å². The van der Waals surface area contributed by atoms with Crippen LogP contribution in [0.4, 0.5) is 5.69 Å². The zero-order valence-electron chi connectivity index (χ0n) is 15.2. The summed E-state index contributed by atoms with van der Waals surface area (Å²) in [7, 11) is 0. The number of carbonyl (C=O) groups is 2. The number of rotatable bonds is 5. The van der Waals surface area contributed by atoms with Crippen LogP contribution in [-0.4, -0.2) is 40.4 Å². The lowest BCUT2D eigenvalue weighted by Crippen LogP contribution is -2.41. The number of halogens is 1. The molecule has 2 aromatic carbocycles. The zero-order valence-corrected chi connectivity index (χ0v) is 15.9. The van der Waals surface area contributed by atoms with Gasteiger partial charge in [-0.2, -0.15) is 0 Å². The molecule has 2 atom stereocenters. The average molecular weight is 387 g/mol. The van der Waals surface area contributed by atoms with Gasteiger partial charge in [0.15, 0.2) is 5.78 Å². The maximum atomic E-state index is 12.9. The summed E-state index contributed by atoms with van der Waals surface area (Å²) in [5.74, 6) is -0.432. The highest BCUT2D eigenvalue weighted by Gasteiger charge is 2.39. The Hall–Kier alpha value is -2.37. The van der Waals surface area contributed by atoms with Crippen molar-refractivity contribution in [2.24, 2.45) is 0 Å². The number of benzene rings is 2. The van der Waals surface area contributed by atoms with Crippen LogP contribution in [0.25, 0.3) is 0 Å². The Morgan fingerprint density at radius 1 is 1.22 bits per heavy atom. The summed E-state index contributed by atoms with van der Waals surface area (Å²) in [6.07, 6.45) is 0.446. The van der Waals surface area contributed by atoms with Crippen LogP contribution in [0.3, 0.4) is 0 Å². The molecule has 2 aromatic rings. The molecular weight excluding hydrogens is 364 g/mol. The molecule has 3 N–H and O–H groups in total. The molecule has 0 bridgehead atoms. The smallest absolute Gasteiger partial charge is 0.256 e. The first kappa shape index (κ1) is 19.4. The highest BCUT2D eigenvalue weighted by Crippen LogP contribution is 2.27. The van der Waals surface area contributed by atoms with Crippen molar-refractivity contribution in [2.75, 3.05) is 12.3 Å². The minimum atomic E-state index is -0.720. The van der Waals surface area contributed by atoms with Crippen molar-refractivity contribution >= 4 is 29.0 Å². The van der Waals surface area contributed by atoms with Crippen molar-refractivity contribution in [3.8, 4) is 0 Å². The minimum absolute atomic E-state index is 0.0551. The molecule has 1 aliphatic heterocycles. The molecule has 0 saturated carbocycles. The van der Waals surface area contributed by atoms with Crippen LogP contribution in [0.15, 0.2) is 42.5 Å². The number of anilines is 1. The molecule has 0 spiro atoms. The summed E-state index contributed by atoms with van der Waals surface area (Å²) < 4.78 is 0. The molecule has 1 heterocycles. The second kappa shape index (κ2) is 8.11. The van der Waals surface area contributed by atoms with Gasteiger partial charge in [0.1, 0.15) is 0 Å². The van der Waals surface area contributed by atoms with Gasteiger partial charge in [-0.05, 0) is 37.1 Å². The van der Waals surface area contributed by atoms with E-state index in [4.69, 9.17) is 17.3 Å². The van der Waals surface area contributed by atoms with E-state index < -0.39 is 12.1 Å². The van der Waals surface area contributed by atoms with Crippen LogP contribution in [0.2, 0.25) is 5.02 Å². The van der Waals surface area contributed by atoms with E-state index in [0.29, 0.717) is 18.5 Å². The van der Waals surface area contributed by atoms with Crippen LogP contribution in [0.1, 0.15) is 34.3 Å². The molecule has 0 aliphatic carbocycles. The van der Waals surface area contributed by atoms with Gasteiger partial charge in [-0.15, -0.1) is 0 Å². The quantitative estimate of drug-likeness (QED) is 0.774. The summed E-state index contributed by atoms with van der Waals surface area (Å²) >= 11 is 6.14. The first-order valence-corrected chi connectivity index (χ1v) is 9.35. The van der Waals surface area contributed by atoms with Crippen molar-refractivity contribution < 1.29 is 14.7 Å². The normalized spacial score (nSPS) is 19.3. The largest absolute Gasteiger partial charge is 0.399 e. The molecular formula is C21H23ClN2O3. The second-order valence-electron chi connectivity index (χ2n) is 7.05. The monoisotopic (exact) mass is 386 g/mol. The molecule has 142 valence electrons. The average Bonchev–Trinajstić information content (AvgIpc) is 3.04. The number of carbonyl (C=O) groups excluding carboxylic acids is 2. The van der Waals surface area contributed by atoms with Crippen molar-refractivity contribution in [1.82, 2.24) is 4.90 Å². The van der Waals surface area contributed by atoms with Gasteiger partial charge in [-0.3, -0.25) is 9.59 Å². The number of Topliss-reactive ketones (excluding diaryl/α,β-unsaturated/α-hetero) is 1. The van der Waals surface area contributed by atoms with Gasteiger partial charge in [0.05, 0.1) is 22.7 Å². The molecule has 0 aromatic heterocycles. The topological polar surface area (TPSA) is 83.6 Å². The van der Waals surface area contributed by atoms with E-state index in [1.54, 1.807) is 12.1 Å². The van der Waals surface area contributed by atoms with Gasteiger partial charge in [0.25, 0.3) is 5.91 Å². The molecule has 1 saturated heterocycles. The number of aliphatic hydroxyl groups is 1. The summed E-state index contributed by atoms with van der Waals surface area (Å²) in [5, 5.41) is 10.3. The first-order chi connectivity index (χ1) is 12.8. The molecule has 6 heteroatoms. The van der Waals surface area contributed by atoms with E-state index in [2.05, 4.69) is 0 Å². The SMILES string of the molecule is Cc1ccc(CCC(=O)[C@@H]2C[C@@H](O)CN2C(=O)c2cc(N)ccc2Cl)cc1. The Morgan fingerprint density at radius 2 is 1.93 bits per heavy atom. The van der Waals surface area contributed by atoms with Gasteiger partial charge in [0.2, 0.25) is 0 Å². The lowest BCUT2D eigenvalue weighted by atomic mass is 10.0. The molecule has 1 amide bonds. The molecule has 3 rings (SSSR count). The van der Waals surface area contributed by atoms with Crippen LogP contribution in [-0.2, 0) is 11.2 Å². The second-order valence-corrected chi connectivity index (χ2v) is 7.46. The number of amides is 1. The fourth-order valence-corrected chi connectivity index (χ4v) is 3.59. The number of aliphatic hydroxyl groups excluding tert-OH is 1. The molecule has 1 aliphatic rings. The first-order valence-electron chi connectivity index (χ1n) is 8.97. The van der Waals surface area contributed by atoms with Gasteiger partial charge < -0.3 is 15.7 Å². The number of ketones is 1. The Bertz CT molecular complexity index is 851. The number of hydrogen-bond acceptors (Lipinski definition) is 4. The highest BCUT2D eigenvalue weighted by molar-refractivity contribution is 6.34. The number of nitrogens with two attached hydrogens (primary N) is 1. The van der Waals surface area contributed by atoms with Crippen molar-refractivity contribution in [3.05, 3.63) is 64.2 Å². The lowest BCUT2D eigenvalue weighted by Gasteiger charge is -2.24. The summed E-state index contributed by atoms with van der Waals surface area (Å²) in [6.45, 7) is 2.13. The minimum Gasteiger partial charge on any atom is -0.399 e. The summed E-state index contributed by atoms with van der Waals surface area (Å²) in [6, 6.07) is 12.1. The Balaban J connectivity index is 1.73. The van der Waals surface area contributed by atoms with Gasteiger partial charge in [-0.1, -0.05) is 41.4 Å². The molecule has 27 heavy (non-hydrogen) atoms. The zero-order chi connectivity index (χ0) is 19.6. The Morgan fingerprint density at radius 3 is 2.63 bits per heavy atom. The van der Waals surface area contributed by atoms with Crippen LogP contribution >= 0.6 is 11.6 Å². The fraction of sp³-hybridized carbons (Fsp3) is 0.333. The van der Waals surface area contributed by atoms with E-state index in [1.807, 2.05) is 31.2 Å². The standard InChI is InChI=1S/C21H23ClN2O3/c1-13-2-4-14(5-3-13)6-9-20(26)19-11-16(25)12-24(19)21(27)17-10-15(23)7-8-18(17)22/h2-5,7-8,10,16,19,25H,6,9,11-12,23H2,1H3/t16-,19+/m1/s1. The number of nitrogens with zero attached hydrogens (tertiary/aromatic N) is 1. The van der Waals surface area contributed by atoms with E-state index in [1.165, 1.54) is 16.5 Å². The van der Waals surface area contributed by atoms with Crippen molar-refractivity contribution in [3.63, 3.8) is 0 Å². The third-order valence-electron chi connectivity index (χ3n) is 4.91. The molecule has 0 unspecified atom stereocenters. The summed E-state index contributed by atoms with van der Waals surface area (Å²) in [5.41, 5.74) is 8.68. The van der Waals surface area contributed by atoms with E-state index in [-0.39, 0.29) is 35.2 Å². The summed E-state index contributed by atoms with van der Waals surface area (Å²) in [4.78, 5) is 27.1. The van der Waals surface area contributed by atoms with Crippen LogP contribution in [0, 0.1) is 6.92 Å².